The average Bonchev–Trinajstić information content (AvgIpc) is 3.16. The second-order valence-electron chi connectivity index (χ2n) is 7.72. The van der Waals surface area contributed by atoms with Crippen LogP contribution in [0.4, 0.5) is 24.5 Å². The number of nitrogens with zero attached hydrogens (tertiary/aromatic N) is 3. The van der Waals surface area contributed by atoms with E-state index in [0.29, 0.717) is 13.1 Å². The number of alkyl halides is 3. The van der Waals surface area contributed by atoms with Crippen LogP contribution in [0.3, 0.4) is 0 Å². The maximum absolute atomic E-state index is 13.8. The normalized spacial score (nSPS) is 20.8. The SMILES string of the molecule is O=C1C[C@@H](C(F)(F)F)N(C(=O)CN2CCN(Cc3cccs3)CC2)c2ccccc2N1. The van der Waals surface area contributed by atoms with Crippen molar-refractivity contribution in [3.63, 3.8) is 0 Å². The number of rotatable bonds is 4. The van der Waals surface area contributed by atoms with Gasteiger partial charge in [0.25, 0.3) is 0 Å². The highest BCUT2D eigenvalue weighted by Gasteiger charge is 2.49. The summed E-state index contributed by atoms with van der Waals surface area (Å²) < 4.78 is 41.4. The van der Waals surface area contributed by atoms with Crippen molar-refractivity contribution in [2.45, 2.75) is 25.2 Å². The van der Waals surface area contributed by atoms with Gasteiger partial charge in [0.15, 0.2) is 0 Å². The number of thiophene rings is 1. The fourth-order valence-corrected chi connectivity index (χ4v) is 4.74. The van der Waals surface area contributed by atoms with E-state index in [1.807, 2.05) is 16.3 Å². The molecule has 1 aromatic heterocycles. The predicted molar refractivity (Wildman–Crippen MR) is 113 cm³/mol. The molecule has 0 unspecified atom stereocenters. The first kappa shape index (κ1) is 21.8. The summed E-state index contributed by atoms with van der Waals surface area (Å²) in [6.45, 7) is 3.39. The lowest BCUT2D eigenvalue weighted by Crippen LogP contribution is -2.54. The van der Waals surface area contributed by atoms with Gasteiger partial charge in [-0.05, 0) is 23.6 Å². The molecule has 0 saturated carbocycles. The summed E-state index contributed by atoms with van der Waals surface area (Å²) in [5.41, 5.74) is 0.297. The zero-order valence-electron chi connectivity index (χ0n) is 16.8. The number of amides is 2. The Hall–Kier alpha value is -2.43. The van der Waals surface area contributed by atoms with E-state index >= 15 is 0 Å². The van der Waals surface area contributed by atoms with Crippen LogP contribution in [0.15, 0.2) is 41.8 Å². The van der Waals surface area contributed by atoms with Crippen LogP contribution in [0.2, 0.25) is 0 Å². The lowest BCUT2D eigenvalue weighted by molar-refractivity contribution is -0.158. The van der Waals surface area contributed by atoms with Crippen LogP contribution < -0.4 is 10.2 Å². The van der Waals surface area contributed by atoms with Crippen molar-refractivity contribution >= 4 is 34.5 Å². The van der Waals surface area contributed by atoms with Gasteiger partial charge in [0.1, 0.15) is 6.04 Å². The number of para-hydroxylation sites is 2. The van der Waals surface area contributed by atoms with Gasteiger partial charge in [0, 0.05) is 37.6 Å². The van der Waals surface area contributed by atoms with Crippen molar-refractivity contribution in [1.29, 1.82) is 0 Å². The lowest BCUT2D eigenvalue weighted by Gasteiger charge is -2.37. The van der Waals surface area contributed by atoms with Gasteiger partial charge < -0.3 is 5.32 Å². The number of carbonyl (C=O) groups is 2. The molecule has 0 aliphatic carbocycles. The Balaban J connectivity index is 1.47. The summed E-state index contributed by atoms with van der Waals surface area (Å²) in [5, 5.41) is 4.52. The molecule has 10 heteroatoms. The lowest BCUT2D eigenvalue weighted by atomic mass is 10.1. The minimum atomic E-state index is -4.72. The molecule has 1 atom stereocenters. The van der Waals surface area contributed by atoms with Crippen molar-refractivity contribution in [3.05, 3.63) is 46.7 Å². The molecule has 1 fully saturated rings. The number of nitrogens with one attached hydrogen (secondary N) is 1. The van der Waals surface area contributed by atoms with Gasteiger partial charge in [-0.2, -0.15) is 13.2 Å². The van der Waals surface area contributed by atoms with Gasteiger partial charge in [-0.15, -0.1) is 11.3 Å². The second-order valence-corrected chi connectivity index (χ2v) is 8.75. The number of hydrogen-bond donors (Lipinski definition) is 1. The molecule has 1 aromatic carbocycles. The predicted octanol–water partition coefficient (Wildman–Crippen LogP) is 3.17. The minimum absolute atomic E-state index is 0.0806. The van der Waals surface area contributed by atoms with Gasteiger partial charge >= 0.3 is 6.18 Å². The molecule has 166 valence electrons. The van der Waals surface area contributed by atoms with E-state index in [9.17, 15) is 22.8 Å². The van der Waals surface area contributed by atoms with Gasteiger partial charge in [-0.3, -0.25) is 24.3 Å². The molecular formula is C21H23F3N4O2S. The van der Waals surface area contributed by atoms with E-state index in [1.165, 1.54) is 17.0 Å². The van der Waals surface area contributed by atoms with Crippen molar-refractivity contribution in [3.8, 4) is 0 Å². The first-order chi connectivity index (χ1) is 14.8. The first-order valence-corrected chi connectivity index (χ1v) is 10.9. The first-order valence-electron chi connectivity index (χ1n) is 10.1. The zero-order valence-corrected chi connectivity index (χ0v) is 17.6. The Morgan fingerprint density at radius 1 is 1.06 bits per heavy atom. The van der Waals surface area contributed by atoms with Gasteiger partial charge in [0.2, 0.25) is 11.8 Å². The molecule has 1 N–H and O–H groups in total. The van der Waals surface area contributed by atoms with Crippen molar-refractivity contribution in [2.24, 2.45) is 0 Å². The standard InChI is InChI=1S/C21H23F3N4O2S/c22-21(23,24)18-12-19(29)25-16-5-1-2-6-17(16)28(18)20(30)14-27-9-7-26(8-10-27)13-15-4-3-11-31-15/h1-6,11,18H,7-10,12-14H2,(H,25,29)/t18-/m0/s1. The van der Waals surface area contributed by atoms with Crippen LogP contribution in [-0.4, -0.2) is 66.6 Å². The Kier molecular flexibility index (Phi) is 6.31. The number of halogens is 3. The molecule has 0 spiro atoms. The van der Waals surface area contributed by atoms with Crippen LogP contribution >= 0.6 is 11.3 Å². The maximum Gasteiger partial charge on any atom is 0.409 e. The quantitative estimate of drug-likeness (QED) is 0.775. The van der Waals surface area contributed by atoms with Crippen molar-refractivity contribution in [1.82, 2.24) is 9.80 Å². The van der Waals surface area contributed by atoms with Crippen LogP contribution in [0, 0.1) is 0 Å². The van der Waals surface area contributed by atoms with Crippen LogP contribution in [-0.2, 0) is 16.1 Å². The van der Waals surface area contributed by atoms with Crippen LogP contribution in [0.25, 0.3) is 0 Å². The third-order valence-electron chi connectivity index (χ3n) is 5.56. The van der Waals surface area contributed by atoms with Gasteiger partial charge in [-0.1, -0.05) is 18.2 Å². The third kappa shape index (κ3) is 5.08. The van der Waals surface area contributed by atoms with Crippen molar-refractivity contribution in [2.75, 3.05) is 42.9 Å². The number of hydrogen-bond acceptors (Lipinski definition) is 5. The summed E-state index contributed by atoms with van der Waals surface area (Å²) in [6, 6.07) is 8.01. The monoisotopic (exact) mass is 452 g/mol. The molecule has 0 radical (unpaired) electrons. The highest BCUT2D eigenvalue weighted by Crippen LogP contribution is 2.37. The number of piperazine rings is 1. The summed E-state index contributed by atoms with van der Waals surface area (Å²) in [5.74, 6) is -1.41. The van der Waals surface area contributed by atoms with E-state index in [2.05, 4.69) is 16.3 Å². The minimum Gasteiger partial charge on any atom is -0.324 e. The number of anilines is 2. The Bertz CT molecular complexity index is 927. The van der Waals surface area contributed by atoms with E-state index in [4.69, 9.17) is 0 Å². The molecule has 6 nitrogen and oxygen atoms in total. The molecule has 31 heavy (non-hydrogen) atoms. The molecule has 2 aliphatic rings. The molecule has 2 amide bonds. The number of fused-ring (bicyclic) bond motifs is 1. The zero-order chi connectivity index (χ0) is 22.0. The summed E-state index contributed by atoms with van der Waals surface area (Å²) in [7, 11) is 0. The molecule has 1 saturated heterocycles. The van der Waals surface area contributed by atoms with Crippen molar-refractivity contribution < 1.29 is 22.8 Å². The highest BCUT2D eigenvalue weighted by molar-refractivity contribution is 7.09. The number of carbonyl (C=O) groups excluding carboxylic acids is 2. The van der Waals surface area contributed by atoms with Crippen LogP contribution in [0.1, 0.15) is 11.3 Å². The Morgan fingerprint density at radius 2 is 1.77 bits per heavy atom. The molecular weight excluding hydrogens is 429 g/mol. The summed E-state index contributed by atoms with van der Waals surface area (Å²) in [6.07, 6.45) is -5.54. The average molecular weight is 453 g/mol. The highest BCUT2D eigenvalue weighted by atomic mass is 32.1. The largest absolute Gasteiger partial charge is 0.409 e. The fraction of sp³-hybridized carbons (Fsp3) is 0.429. The second kappa shape index (κ2) is 8.97. The summed E-state index contributed by atoms with van der Waals surface area (Å²) in [4.78, 5) is 31.3. The molecule has 2 aromatic rings. The molecule has 3 heterocycles. The molecule has 0 bridgehead atoms. The van der Waals surface area contributed by atoms with E-state index in [1.54, 1.807) is 23.5 Å². The van der Waals surface area contributed by atoms with E-state index in [0.717, 1.165) is 24.5 Å². The third-order valence-corrected chi connectivity index (χ3v) is 6.42. The topological polar surface area (TPSA) is 55.9 Å². The van der Waals surface area contributed by atoms with Crippen LogP contribution in [0.5, 0.6) is 0 Å². The smallest absolute Gasteiger partial charge is 0.324 e. The summed E-state index contributed by atoms with van der Waals surface area (Å²) >= 11 is 1.69. The van der Waals surface area contributed by atoms with Gasteiger partial charge in [-0.25, -0.2) is 0 Å². The van der Waals surface area contributed by atoms with E-state index in [-0.39, 0.29) is 17.9 Å². The Labute approximate surface area is 182 Å². The molecule has 4 rings (SSSR count). The van der Waals surface area contributed by atoms with E-state index < -0.39 is 30.5 Å². The molecule has 2 aliphatic heterocycles. The maximum atomic E-state index is 13.8. The fourth-order valence-electron chi connectivity index (χ4n) is 3.99. The number of benzene rings is 1. The van der Waals surface area contributed by atoms with Gasteiger partial charge in [0.05, 0.1) is 24.3 Å². The Morgan fingerprint density at radius 3 is 2.45 bits per heavy atom.